The second kappa shape index (κ2) is 4.03. The summed E-state index contributed by atoms with van der Waals surface area (Å²) in [6, 6.07) is 0. The molecule has 0 aromatic carbocycles. The molecule has 0 amide bonds. The second-order valence-electron chi connectivity index (χ2n) is 3.67. The standard InChI is InChI=1S/C10H16O3/c1-4-8-7-12-10(2,3)13-9(8)5-6-11/h4,6,8-9H,1,5,7H2,2-3H3/t8-,9+/m1/s1. The summed E-state index contributed by atoms with van der Waals surface area (Å²) in [5.41, 5.74) is 0. The molecule has 0 N–H and O–H groups in total. The summed E-state index contributed by atoms with van der Waals surface area (Å²) in [6.45, 7) is 7.97. The molecule has 0 spiro atoms. The lowest BCUT2D eigenvalue weighted by Gasteiger charge is -2.39. The number of ether oxygens (including phenoxy) is 2. The van der Waals surface area contributed by atoms with Crippen LogP contribution >= 0.6 is 0 Å². The predicted molar refractivity (Wildman–Crippen MR) is 49.3 cm³/mol. The second-order valence-corrected chi connectivity index (χ2v) is 3.67. The van der Waals surface area contributed by atoms with Gasteiger partial charge in [0.15, 0.2) is 5.79 Å². The molecule has 3 nitrogen and oxygen atoms in total. The summed E-state index contributed by atoms with van der Waals surface area (Å²) in [5, 5.41) is 0. The third-order valence-electron chi connectivity index (χ3n) is 2.17. The van der Waals surface area contributed by atoms with Gasteiger partial charge in [-0.2, -0.15) is 0 Å². The van der Waals surface area contributed by atoms with Crippen LogP contribution in [0, 0.1) is 5.92 Å². The molecule has 1 heterocycles. The zero-order chi connectivity index (χ0) is 9.90. The van der Waals surface area contributed by atoms with E-state index in [1.807, 2.05) is 13.8 Å². The molecule has 0 aromatic rings. The highest BCUT2D eigenvalue weighted by molar-refractivity contribution is 5.50. The Balaban J connectivity index is 2.62. The minimum atomic E-state index is -0.576. The maximum atomic E-state index is 10.4. The van der Waals surface area contributed by atoms with E-state index in [0.29, 0.717) is 13.0 Å². The molecule has 2 atom stereocenters. The quantitative estimate of drug-likeness (QED) is 0.493. The first-order chi connectivity index (χ1) is 6.09. The number of hydrogen-bond donors (Lipinski definition) is 0. The zero-order valence-corrected chi connectivity index (χ0v) is 8.16. The SMILES string of the molecule is C=C[C@@H]1COC(C)(C)O[C@H]1CC=O. The highest BCUT2D eigenvalue weighted by Crippen LogP contribution is 2.27. The van der Waals surface area contributed by atoms with Crippen molar-refractivity contribution in [2.75, 3.05) is 6.61 Å². The Bertz CT molecular complexity index is 198. The number of aldehydes is 1. The van der Waals surface area contributed by atoms with Crippen molar-refractivity contribution in [3.8, 4) is 0 Å². The van der Waals surface area contributed by atoms with Crippen LogP contribution in [0.2, 0.25) is 0 Å². The van der Waals surface area contributed by atoms with Gasteiger partial charge in [-0.25, -0.2) is 0 Å². The molecule has 0 bridgehead atoms. The minimum absolute atomic E-state index is 0.0845. The lowest BCUT2D eigenvalue weighted by molar-refractivity contribution is -0.285. The molecule has 0 unspecified atom stereocenters. The van der Waals surface area contributed by atoms with Gasteiger partial charge in [-0.05, 0) is 13.8 Å². The smallest absolute Gasteiger partial charge is 0.163 e. The van der Waals surface area contributed by atoms with E-state index in [4.69, 9.17) is 9.47 Å². The first-order valence-electron chi connectivity index (χ1n) is 4.47. The van der Waals surface area contributed by atoms with Gasteiger partial charge in [0.25, 0.3) is 0 Å². The molecule has 3 heteroatoms. The summed E-state index contributed by atoms with van der Waals surface area (Å²) in [6.07, 6.45) is 2.98. The van der Waals surface area contributed by atoms with Crippen LogP contribution in [0.15, 0.2) is 12.7 Å². The van der Waals surface area contributed by atoms with Crippen molar-refractivity contribution in [3.05, 3.63) is 12.7 Å². The maximum absolute atomic E-state index is 10.4. The molecule has 1 saturated heterocycles. The fourth-order valence-corrected chi connectivity index (χ4v) is 1.43. The fraction of sp³-hybridized carbons (Fsp3) is 0.700. The normalized spacial score (nSPS) is 32.5. The molecule has 1 aliphatic heterocycles. The molecule has 0 aromatic heterocycles. The topological polar surface area (TPSA) is 35.5 Å². The predicted octanol–water partition coefficient (Wildman–Crippen LogP) is 1.53. The van der Waals surface area contributed by atoms with Gasteiger partial charge < -0.3 is 14.3 Å². The zero-order valence-electron chi connectivity index (χ0n) is 8.16. The van der Waals surface area contributed by atoms with Gasteiger partial charge in [0.05, 0.1) is 12.7 Å². The molecule has 1 fully saturated rings. The lowest BCUT2D eigenvalue weighted by atomic mass is 9.99. The lowest BCUT2D eigenvalue weighted by Crippen LogP contribution is -2.45. The summed E-state index contributed by atoms with van der Waals surface area (Å²) in [4.78, 5) is 10.4. The molecule has 1 aliphatic rings. The van der Waals surface area contributed by atoms with Crippen LogP contribution in [0.1, 0.15) is 20.3 Å². The van der Waals surface area contributed by atoms with Crippen molar-refractivity contribution >= 4 is 6.29 Å². The minimum Gasteiger partial charge on any atom is -0.350 e. The van der Waals surface area contributed by atoms with E-state index in [1.165, 1.54) is 0 Å². The van der Waals surface area contributed by atoms with Crippen molar-refractivity contribution in [1.82, 2.24) is 0 Å². The number of rotatable bonds is 3. The Labute approximate surface area is 78.7 Å². The van der Waals surface area contributed by atoms with Crippen molar-refractivity contribution in [2.24, 2.45) is 5.92 Å². The van der Waals surface area contributed by atoms with Gasteiger partial charge in [-0.1, -0.05) is 6.08 Å². The van der Waals surface area contributed by atoms with Gasteiger partial charge in [0, 0.05) is 12.3 Å². The van der Waals surface area contributed by atoms with Gasteiger partial charge >= 0.3 is 0 Å². The van der Waals surface area contributed by atoms with Crippen molar-refractivity contribution in [3.63, 3.8) is 0 Å². The molecule has 13 heavy (non-hydrogen) atoms. The van der Waals surface area contributed by atoms with E-state index in [2.05, 4.69) is 6.58 Å². The number of hydrogen-bond acceptors (Lipinski definition) is 3. The fourth-order valence-electron chi connectivity index (χ4n) is 1.43. The number of carbonyl (C=O) groups excluding carboxylic acids is 1. The Morgan fingerprint density at radius 2 is 2.31 bits per heavy atom. The largest absolute Gasteiger partial charge is 0.350 e. The van der Waals surface area contributed by atoms with E-state index in [1.54, 1.807) is 6.08 Å². The van der Waals surface area contributed by atoms with Crippen LogP contribution in [0.3, 0.4) is 0 Å². The average Bonchev–Trinajstić information content (AvgIpc) is 2.04. The van der Waals surface area contributed by atoms with E-state index in [-0.39, 0.29) is 12.0 Å². The van der Waals surface area contributed by atoms with Crippen molar-refractivity contribution < 1.29 is 14.3 Å². The van der Waals surface area contributed by atoms with Crippen LogP contribution in [-0.2, 0) is 14.3 Å². The summed E-state index contributed by atoms with van der Waals surface area (Å²) >= 11 is 0. The Morgan fingerprint density at radius 3 is 2.85 bits per heavy atom. The van der Waals surface area contributed by atoms with Crippen molar-refractivity contribution in [2.45, 2.75) is 32.2 Å². The molecule has 0 radical (unpaired) electrons. The van der Waals surface area contributed by atoms with Crippen molar-refractivity contribution in [1.29, 1.82) is 0 Å². The Kier molecular flexibility index (Phi) is 3.22. The maximum Gasteiger partial charge on any atom is 0.163 e. The van der Waals surface area contributed by atoms with Crippen LogP contribution in [0.25, 0.3) is 0 Å². The Hall–Kier alpha value is -0.670. The summed E-state index contributed by atoms with van der Waals surface area (Å²) < 4.78 is 11.0. The van der Waals surface area contributed by atoms with Gasteiger partial charge in [-0.3, -0.25) is 0 Å². The highest BCUT2D eigenvalue weighted by Gasteiger charge is 2.34. The summed E-state index contributed by atoms with van der Waals surface area (Å²) in [5.74, 6) is -0.453. The average molecular weight is 184 g/mol. The molecule has 1 rings (SSSR count). The van der Waals surface area contributed by atoms with Gasteiger partial charge in [0.1, 0.15) is 6.29 Å². The van der Waals surface area contributed by atoms with Crippen LogP contribution in [-0.4, -0.2) is 24.8 Å². The third kappa shape index (κ3) is 2.64. The van der Waals surface area contributed by atoms with E-state index in [0.717, 1.165) is 6.29 Å². The Morgan fingerprint density at radius 1 is 1.62 bits per heavy atom. The van der Waals surface area contributed by atoms with Crippen LogP contribution in [0.4, 0.5) is 0 Å². The number of carbonyl (C=O) groups is 1. The molecule has 0 aliphatic carbocycles. The van der Waals surface area contributed by atoms with Crippen LogP contribution < -0.4 is 0 Å². The summed E-state index contributed by atoms with van der Waals surface area (Å²) in [7, 11) is 0. The van der Waals surface area contributed by atoms with E-state index in [9.17, 15) is 4.79 Å². The first kappa shape index (κ1) is 10.4. The van der Waals surface area contributed by atoms with E-state index < -0.39 is 5.79 Å². The van der Waals surface area contributed by atoms with Gasteiger partial charge in [-0.15, -0.1) is 6.58 Å². The van der Waals surface area contributed by atoms with Crippen LogP contribution in [0.5, 0.6) is 0 Å². The molecule has 74 valence electrons. The third-order valence-corrected chi connectivity index (χ3v) is 2.17. The van der Waals surface area contributed by atoms with Gasteiger partial charge in [0.2, 0.25) is 0 Å². The molecular weight excluding hydrogens is 168 g/mol. The molecule has 0 saturated carbocycles. The first-order valence-corrected chi connectivity index (χ1v) is 4.47. The van der Waals surface area contributed by atoms with E-state index >= 15 is 0 Å². The molecular formula is C10H16O3. The monoisotopic (exact) mass is 184 g/mol. The highest BCUT2D eigenvalue weighted by atomic mass is 16.7.